The lowest BCUT2D eigenvalue weighted by Gasteiger charge is -2.32. The van der Waals surface area contributed by atoms with Gasteiger partial charge in [-0.15, -0.1) is 0 Å². The van der Waals surface area contributed by atoms with Gasteiger partial charge in [-0.1, -0.05) is 11.6 Å². The minimum atomic E-state index is -1.63. The fraction of sp³-hybridized carbons (Fsp3) is 0.364. The average molecular weight is 286 g/mol. The zero-order chi connectivity index (χ0) is 14.2. The van der Waals surface area contributed by atoms with E-state index >= 15 is 0 Å². The molecule has 2 N–H and O–H groups in total. The third-order valence-electron chi connectivity index (χ3n) is 2.35. The normalized spacial score (nSPS) is 16.2. The van der Waals surface area contributed by atoms with Crippen LogP contribution in [0.4, 0.5) is 0 Å². The summed E-state index contributed by atoms with van der Waals surface area (Å²) in [6.07, 6.45) is 0. The first-order valence-electron chi connectivity index (χ1n) is 5.54. The summed E-state index contributed by atoms with van der Waals surface area (Å²) in [5.41, 5.74) is 0.0610. The molecule has 0 atom stereocenters. The molecule has 19 heavy (non-hydrogen) atoms. The van der Waals surface area contributed by atoms with Crippen molar-refractivity contribution < 1.29 is 29.1 Å². The molecule has 8 heteroatoms. The van der Waals surface area contributed by atoms with Crippen LogP contribution in [0.15, 0.2) is 12.1 Å². The molecule has 0 amide bonds. The van der Waals surface area contributed by atoms with E-state index in [2.05, 4.69) is 0 Å². The number of fused-ring (bicyclic) bond motifs is 1. The number of rotatable bonds is 3. The van der Waals surface area contributed by atoms with Crippen LogP contribution in [0.5, 0.6) is 11.5 Å². The summed E-state index contributed by atoms with van der Waals surface area (Å²) in [5, 5.41) is 17.8. The number of hydrogen-bond donors (Lipinski definition) is 2. The molecule has 102 valence electrons. The molecule has 0 unspecified atom stereocenters. The fourth-order valence-corrected chi connectivity index (χ4v) is 1.88. The molecule has 1 heterocycles. The topological polar surface area (TPSA) is 85.2 Å². The van der Waals surface area contributed by atoms with Gasteiger partial charge in [0.2, 0.25) is 5.79 Å². The largest absolute Gasteiger partial charge is 0.492 e. The van der Waals surface area contributed by atoms with Crippen LogP contribution in [0.3, 0.4) is 0 Å². The van der Waals surface area contributed by atoms with Crippen molar-refractivity contribution in [1.82, 2.24) is 0 Å². The quantitative estimate of drug-likeness (QED) is 0.637. The maximum Gasteiger partial charge on any atom is 0.491 e. The molecule has 0 aliphatic carbocycles. The van der Waals surface area contributed by atoms with Gasteiger partial charge < -0.3 is 24.3 Å². The first-order chi connectivity index (χ1) is 8.80. The van der Waals surface area contributed by atoms with Crippen LogP contribution in [0.1, 0.15) is 24.2 Å². The summed E-state index contributed by atoms with van der Waals surface area (Å²) in [7, 11) is -1.63. The van der Waals surface area contributed by atoms with Crippen molar-refractivity contribution in [1.29, 1.82) is 0 Å². The van der Waals surface area contributed by atoms with Gasteiger partial charge in [-0.25, -0.2) is 4.79 Å². The Balaban J connectivity index is 2.43. The molecule has 1 aliphatic rings. The van der Waals surface area contributed by atoms with E-state index in [0.29, 0.717) is 0 Å². The zero-order valence-electron chi connectivity index (χ0n) is 10.3. The van der Waals surface area contributed by atoms with E-state index in [-0.39, 0.29) is 28.6 Å². The lowest BCUT2D eigenvalue weighted by molar-refractivity contribution is -0.128. The van der Waals surface area contributed by atoms with Gasteiger partial charge in [0.05, 0.1) is 5.02 Å². The number of ether oxygens (including phenoxy) is 3. The Bertz CT molecular complexity index is 516. The maximum absolute atomic E-state index is 11.9. The minimum Gasteiger partial charge on any atom is -0.492 e. The van der Waals surface area contributed by atoms with Gasteiger partial charge in [0.1, 0.15) is 12.1 Å². The number of hydrogen-bond acceptors (Lipinski definition) is 6. The summed E-state index contributed by atoms with van der Waals surface area (Å²) >= 11 is 5.93. The number of cyclic esters (lactones) is 1. The number of esters is 1. The molecule has 0 fully saturated rings. The van der Waals surface area contributed by atoms with Gasteiger partial charge in [0.25, 0.3) is 0 Å². The van der Waals surface area contributed by atoms with Crippen molar-refractivity contribution in [3.8, 4) is 11.5 Å². The summed E-state index contributed by atoms with van der Waals surface area (Å²) in [6.45, 7) is 2.78. The van der Waals surface area contributed by atoms with E-state index in [1.807, 2.05) is 0 Å². The van der Waals surface area contributed by atoms with Crippen LogP contribution < -0.4 is 9.47 Å². The Morgan fingerprint density at radius 1 is 1.37 bits per heavy atom. The number of carbonyl (C=O) groups excluding carboxylic acids is 1. The molecule has 1 aromatic carbocycles. The van der Waals surface area contributed by atoms with Crippen LogP contribution in [0.2, 0.25) is 5.02 Å². The molecule has 0 aromatic heterocycles. The van der Waals surface area contributed by atoms with Gasteiger partial charge in [-0.3, -0.25) is 0 Å². The fourth-order valence-electron chi connectivity index (χ4n) is 1.65. The highest BCUT2D eigenvalue weighted by molar-refractivity contribution is 6.40. The second-order valence-corrected chi connectivity index (χ2v) is 4.84. The molecule has 0 radical (unpaired) electrons. The summed E-state index contributed by atoms with van der Waals surface area (Å²) in [6, 6.07) is 2.93. The highest BCUT2D eigenvalue weighted by Crippen LogP contribution is 2.42. The molecule has 0 bridgehead atoms. The Hall–Kier alpha value is -1.44. The van der Waals surface area contributed by atoms with Crippen molar-refractivity contribution in [2.45, 2.75) is 19.6 Å². The van der Waals surface area contributed by atoms with E-state index < -0.39 is 18.9 Å². The molecule has 0 saturated heterocycles. The van der Waals surface area contributed by atoms with Crippen LogP contribution in [-0.4, -0.2) is 35.4 Å². The summed E-state index contributed by atoms with van der Waals surface area (Å²) in [4.78, 5) is 11.9. The average Bonchev–Trinajstić information content (AvgIpc) is 2.25. The number of benzene rings is 1. The van der Waals surface area contributed by atoms with Crippen molar-refractivity contribution in [2.24, 2.45) is 0 Å². The van der Waals surface area contributed by atoms with Crippen molar-refractivity contribution in [2.75, 3.05) is 6.51 Å². The zero-order valence-corrected chi connectivity index (χ0v) is 11.1. The Kier molecular flexibility index (Phi) is 3.62. The summed E-state index contributed by atoms with van der Waals surface area (Å²) < 4.78 is 15.8. The number of halogens is 1. The standard InChI is InChI=1S/C11H12BClO6/c1-11(2)18-9-7(17-5-12(15)16)4-3-6(13)8(9)10(14)19-11/h3-4,15-16H,5H2,1-2H3. The predicted octanol–water partition coefficient (Wildman–Crippen LogP) is 1.02. The predicted molar refractivity (Wildman–Crippen MR) is 67.3 cm³/mol. The van der Waals surface area contributed by atoms with E-state index in [1.54, 1.807) is 13.8 Å². The van der Waals surface area contributed by atoms with Gasteiger partial charge >= 0.3 is 13.1 Å². The first kappa shape index (κ1) is 14.0. The van der Waals surface area contributed by atoms with E-state index in [9.17, 15) is 4.79 Å². The van der Waals surface area contributed by atoms with E-state index in [4.69, 9.17) is 35.9 Å². The molecule has 0 saturated carbocycles. The Labute approximate surface area is 115 Å². The van der Waals surface area contributed by atoms with Crippen LogP contribution in [0.25, 0.3) is 0 Å². The lowest BCUT2D eigenvalue weighted by Crippen LogP contribution is -2.39. The van der Waals surface area contributed by atoms with Gasteiger partial charge in [-0.05, 0) is 12.1 Å². The van der Waals surface area contributed by atoms with Gasteiger partial charge in [0, 0.05) is 13.8 Å². The molecule has 0 spiro atoms. The maximum atomic E-state index is 11.9. The highest BCUT2D eigenvalue weighted by Gasteiger charge is 2.37. The minimum absolute atomic E-state index is 0.0610. The molecule has 2 rings (SSSR count). The monoisotopic (exact) mass is 286 g/mol. The molecular weight excluding hydrogens is 274 g/mol. The van der Waals surface area contributed by atoms with E-state index in [1.165, 1.54) is 12.1 Å². The van der Waals surface area contributed by atoms with Crippen molar-refractivity contribution in [3.63, 3.8) is 0 Å². The van der Waals surface area contributed by atoms with Crippen LogP contribution >= 0.6 is 11.6 Å². The van der Waals surface area contributed by atoms with Crippen LogP contribution in [-0.2, 0) is 4.74 Å². The van der Waals surface area contributed by atoms with Crippen molar-refractivity contribution >= 4 is 24.7 Å². The first-order valence-corrected chi connectivity index (χ1v) is 5.92. The van der Waals surface area contributed by atoms with Crippen LogP contribution in [0, 0.1) is 0 Å². The van der Waals surface area contributed by atoms with Crippen molar-refractivity contribution in [3.05, 3.63) is 22.7 Å². The van der Waals surface area contributed by atoms with Gasteiger partial charge in [0.15, 0.2) is 11.5 Å². The van der Waals surface area contributed by atoms with Gasteiger partial charge in [-0.2, -0.15) is 0 Å². The third-order valence-corrected chi connectivity index (χ3v) is 2.66. The second kappa shape index (κ2) is 4.92. The van der Waals surface area contributed by atoms with E-state index in [0.717, 1.165) is 0 Å². The lowest BCUT2D eigenvalue weighted by atomic mass is 9.95. The Morgan fingerprint density at radius 2 is 2.05 bits per heavy atom. The number of carbonyl (C=O) groups is 1. The molecular formula is C11H12BClO6. The SMILES string of the molecule is CC1(C)OC(=O)c2c(Cl)ccc(OCB(O)O)c2O1. The third kappa shape index (κ3) is 2.94. The highest BCUT2D eigenvalue weighted by atomic mass is 35.5. The second-order valence-electron chi connectivity index (χ2n) is 4.43. The summed E-state index contributed by atoms with van der Waals surface area (Å²) in [5.74, 6) is -1.44. The molecule has 6 nitrogen and oxygen atoms in total. The smallest absolute Gasteiger partial charge is 0.491 e. The molecule has 1 aliphatic heterocycles. The Morgan fingerprint density at radius 3 is 2.68 bits per heavy atom. The molecule has 1 aromatic rings.